The molecule has 36 heavy (non-hydrogen) atoms. The molecule has 0 saturated carbocycles. The van der Waals surface area contributed by atoms with Gasteiger partial charge in [0.2, 0.25) is 0 Å². The van der Waals surface area contributed by atoms with Gasteiger partial charge in [0.05, 0.1) is 17.2 Å². The lowest BCUT2D eigenvalue weighted by atomic mass is 10.1. The smallest absolute Gasteiger partial charge is 0.293 e. The molecule has 0 radical (unpaired) electrons. The Hall–Kier alpha value is -4.17. The van der Waals surface area contributed by atoms with Gasteiger partial charge in [-0.25, -0.2) is 9.97 Å². The second-order valence-corrected chi connectivity index (χ2v) is 9.39. The van der Waals surface area contributed by atoms with E-state index in [4.69, 9.17) is 14.5 Å². The number of hydrogen-bond donors (Lipinski definition) is 1. The van der Waals surface area contributed by atoms with E-state index in [9.17, 15) is 0 Å². The minimum absolute atomic E-state index is 0.164. The van der Waals surface area contributed by atoms with Gasteiger partial charge in [0.15, 0.2) is 0 Å². The number of aryl methyl sites for hydroxylation is 1. The number of aliphatic imine (C=N–C) groups is 1. The number of likely N-dealkylation sites (N-methyl/N-ethyl adjacent to an activating group) is 2. The number of anilines is 2. The van der Waals surface area contributed by atoms with E-state index < -0.39 is 0 Å². The van der Waals surface area contributed by atoms with Crippen LogP contribution in [0, 0.1) is 6.92 Å². The molecule has 0 spiro atoms. The van der Waals surface area contributed by atoms with E-state index >= 15 is 0 Å². The molecule has 2 unspecified atom stereocenters. The Morgan fingerprint density at radius 2 is 1.86 bits per heavy atom. The zero-order chi connectivity index (χ0) is 24.6. The van der Waals surface area contributed by atoms with Crippen molar-refractivity contribution in [3.05, 3.63) is 78.6 Å². The van der Waals surface area contributed by atoms with Gasteiger partial charge in [0, 0.05) is 31.2 Å². The first-order chi connectivity index (χ1) is 17.5. The Kier molecular flexibility index (Phi) is 5.65. The highest BCUT2D eigenvalue weighted by atomic mass is 16.5. The van der Waals surface area contributed by atoms with Gasteiger partial charge in [-0.2, -0.15) is 4.99 Å². The highest BCUT2D eigenvalue weighted by Crippen LogP contribution is 2.32. The Bertz CT molecular complexity index is 1440. The number of fused-ring (bicyclic) bond motifs is 2. The minimum atomic E-state index is 0.164. The van der Waals surface area contributed by atoms with Crippen molar-refractivity contribution >= 4 is 34.1 Å². The van der Waals surface area contributed by atoms with Crippen LogP contribution >= 0.6 is 0 Å². The average molecular weight is 481 g/mol. The number of nitrogens with one attached hydrogen (secondary N) is 1. The van der Waals surface area contributed by atoms with Gasteiger partial charge in [-0.15, -0.1) is 0 Å². The van der Waals surface area contributed by atoms with Crippen LogP contribution in [0.25, 0.3) is 10.9 Å². The molecule has 1 aromatic heterocycles. The molecule has 1 N–H and O–H groups in total. The van der Waals surface area contributed by atoms with Crippen molar-refractivity contribution in [2.24, 2.45) is 4.99 Å². The number of nitrogens with zero attached hydrogens (tertiary/aromatic N) is 5. The standard InChI is InChI=1S/C28H28N6O2/c1-18-13-19(10-12-25(18)35-21-7-5-4-6-8-21)31-27-22-14-20(9-11-23(22)29-17-30-27)32-28-34(3)24-15-33(2)16-26(24)36-28/h4-14,17,24,26H,15-16H2,1-3H3,(H,29,30,31). The molecule has 6 rings (SSSR count). The van der Waals surface area contributed by atoms with Crippen molar-refractivity contribution in [2.45, 2.75) is 19.1 Å². The zero-order valence-corrected chi connectivity index (χ0v) is 20.5. The van der Waals surface area contributed by atoms with Gasteiger partial charge >= 0.3 is 0 Å². The second kappa shape index (κ2) is 9.13. The molecular formula is C28H28N6O2. The molecule has 2 saturated heterocycles. The summed E-state index contributed by atoms with van der Waals surface area (Å²) in [4.78, 5) is 18.2. The van der Waals surface area contributed by atoms with E-state index in [1.54, 1.807) is 6.33 Å². The van der Waals surface area contributed by atoms with E-state index in [-0.39, 0.29) is 6.10 Å². The van der Waals surface area contributed by atoms with E-state index in [2.05, 4.69) is 32.1 Å². The summed E-state index contributed by atoms with van der Waals surface area (Å²) in [6.45, 7) is 3.93. The summed E-state index contributed by atoms with van der Waals surface area (Å²) in [6.07, 6.45) is 1.73. The second-order valence-electron chi connectivity index (χ2n) is 9.39. The van der Waals surface area contributed by atoms with Crippen LogP contribution in [0.15, 0.2) is 78.0 Å². The maximum absolute atomic E-state index is 6.15. The van der Waals surface area contributed by atoms with E-state index in [1.165, 1.54) is 0 Å². The number of benzene rings is 3. The predicted octanol–water partition coefficient (Wildman–Crippen LogP) is 5.11. The summed E-state index contributed by atoms with van der Waals surface area (Å²) in [5.74, 6) is 2.34. The number of amidine groups is 1. The number of aromatic nitrogens is 2. The average Bonchev–Trinajstić information content (AvgIpc) is 3.38. The van der Waals surface area contributed by atoms with E-state index in [0.717, 1.165) is 58.2 Å². The Balaban J connectivity index is 1.25. The van der Waals surface area contributed by atoms with Gasteiger partial charge < -0.3 is 24.6 Å². The fourth-order valence-corrected chi connectivity index (χ4v) is 4.81. The molecule has 3 aromatic carbocycles. The molecule has 0 bridgehead atoms. The Morgan fingerprint density at radius 3 is 2.67 bits per heavy atom. The molecule has 0 amide bonds. The van der Waals surface area contributed by atoms with Crippen LogP contribution in [0.1, 0.15) is 5.56 Å². The molecule has 3 heterocycles. The third-order valence-corrected chi connectivity index (χ3v) is 6.73. The molecule has 2 aliphatic rings. The molecule has 2 aliphatic heterocycles. The van der Waals surface area contributed by atoms with Crippen LogP contribution in [-0.4, -0.2) is 65.1 Å². The Morgan fingerprint density at radius 1 is 1.00 bits per heavy atom. The van der Waals surface area contributed by atoms with Crippen LogP contribution in [0.3, 0.4) is 0 Å². The van der Waals surface area contributed by atoms with Crippen molar-refractivity contribution in [3.63, 3.8) is 0 Å². The van der Waals surface area contributed by atoms with Gasteiger partial charge in [-0.05, 0) is 68.1 Å². The number of ether oxygens (including phenoxy) is 2. The lowest BCUT2D eigenvalue weighted by Crippen LogP contribution is -2.34. The molecule has 2 fully saturated rings. The molecule has 8 heteroatoms. The van der Waals surface area contributed by atoms with Gasteiger partial charge in [0.25, 0.3) is 6.02 Å². The van der Waals surface area contributed by atoms with Crippen LogP contribution in [0.4, 0.5) is 17.2 Å². The summed E-state index contributed by atoms with van der Waals surface area (Å²) < 4.78 is 12.2. The number of rotatable bonds is 5. The van der Waals surface area contributed by atoms with Crippen molar-refractivity contribution in [1.29, 1.82) is 0 Å². The first-order valence-corrected chi connectivity index (χ1v) is 12.1. The van der Waals surface area contributed by atoms with Crippen LogP contribution in [-0.2, 0) is 4.74 Å². The maximum Gasteiger partial charge on any atom is 0.293 e. The lowest BCUT2D eigenvalue weighted by molar-refractivity contribution is 0.214. The summed E-state index contributed by atoms with van der Waals surface area (Å²) in [7, 11) is 4.17. The topological polar surface area (TPSA) is 75.1 Å². The summed E-state index contributed by atoms with van der Waals surface area (Å²) in [5, 5.41) is 4.33. The van der Waals surface area contributed by atoms with E-state index in [1.807, 2.05) is 80.7 Å². The number of likely N-dealkylation sites (tertiary alicyclic amines) is 1. The highest BCUT2D eigenvalue weighted by molar-refractivity contribution is 5.93. The number of hydrogen-bond acceptors (Lipinski definition) is 7. The van der Waals surface area contributed by atoms with Gasteiger partial charge in [-0.1, -0.05) is 18.2 Å². The highest BCUT2D eigenvalue weighted by Gasteiger charge is 2.43. The molecular weight excluding hydrogens is 452 g/mol. The van der Waals surface area contributed by atoms with Crippen LogP contribution in [0.2, 0.25) is 0 Å². The molecule has 4 aromatic rings. The fourth-order valence-electron chi connectivity index (χ4n) is 4.81. The summed E-state index contributed by atoms with van der Waals surface area (Å²) >= 11 is 0. The van der Waals surface area contributed by atoms with Gasteiger partial charge in [-0.3, -0.25) is 0 Å². The molecule has 182 valence electrons. The molecule has 8 nitrogen and oxygen atoms in total. The maximum atomic E-state index is 6.15. The summed E-state index contributed by atoms with van der Waals surface area (Å²) in [5.41, 5.74) is 3.59. The third kappa shape index (κ3) is 4.31. The van der Waals surface area contributed by atoms with Crippen molar-refractivity contribution in [3.8, 4) is 11.5 Å². The first kappa shape index (κ1) is 22.3. The first-order valence-electron chi connectivity index (χ1n) is 12.1. The Labute approximate surface area is 210 Å². The van der Waals surface area contributed by atoms with Crippen LogP contribution < -0.4 is 10.1 Å². The quantitative estimate of drug-likeness (QED) is 0.426. The minimum Gasteiger partial charge on any atom is -0.458 e. The molecule has 0 aliphatic carbocycles. The monoisotopic (exact) mass is 480 g/mol. The van der Waals surface area contributed by atoms with Crippen molar-refractivity contribution < 1.29 is 9.47 Å². The summed E-state index contributed by atoms with van der Waals surface area (Å²) in [6, 6.07) is 22.7. The van der Waals surface area contributed by atoms with Crippen molar-refractivity contribution in [1.82, 2.24) is 19.8 Å². The number of para-hydroxylation sites is 1. The van der Waals surface area contributed by atoms with Crippen LogP contribution in [0.5, 0.6) is 11.5 Å². The zero-order valence-electron chi connectivity index (χ0n) is 20.5. The normalized spacial score (nSPS) is 20.5. The third-order valence-electron chi connectivity index (χ3n) is 6.73. The molecule has 2 atom stereocenters. The van der Waals surface area contributed by atoms with E-state index in [0.29, 0.717) is 12.1 Å². The largest absolute Gasteiger partial charge is 0.458 e. The predicted molar refractivity (Wildman–Crippen MR) is 142 cm³/mol. The SMILES string of the molecule is Cc1cc(Nc2ncnc3ccc(N=C4OC5CN(C)CC5N4C)cc23)ccc1Oc1ccccc1. The lowest BCUT2D eigenvalue weighted by Gasteiger charge is -2.17. The van der Waals surface area contributed by atoms with Gasteiger partial charge in [0.1, 0.15) is 29.7 Å². The fraction of sp³-hybridized carbons (Fsp3) is 0.250. The van der Waals surface area contributed by atoms with Crippen molar-refractivity contribution in [2.75, 3.05) is 32.5 Å².